The zero-order valence-corrected chi connectivity index (χ0v) is 15.4. The van der Waals surface area contributed by atoms with E-state index in [1.807, 2.05) is 30.3 Å². The first kappa shape index (κ1) is 18.7. The fourth-order valence-electron chi connectivity index (χ4n) is 2.13. The maximum atomic E-state index is 12.0. The summed E-state index contributed by atoms with van der Waals surface area (Å²) >= 11 is 1.14. The number of hydrogen-bond acceptors (Lipinski definition) is 7. The van der Waals surface area contributed by atoms with E-state index in [0.717, 1.165) is 11.8 Å². The summed E-state index contributed by atoms with van der Waals surface area (Å²) in [5, 5.41) is 10.8. The Morgan fingerprint density at radius 1 is 1.07 bits per heavy atom. The van der Waals surface area contributed by atoms with Gasteiger partial charge in [0.1, 0.15) is 5.75 Å². The molecular formula is C19H17N3O4S. The molecule has 27 heavy (non-hydrogen) atoms. The molecule has 7 nitrogen and oxygen atoms in total. The van der Waals surface area contributed by atoms with Gasteiger partial charge in [-0.25, -0.2) is 0 Å². The minimum absolute atomic E-state index is 0.0214. The molecule has 2 aromatic carbocycles. The van der Waals surface area contributed by atoms with Gasteiger partial charge in [-0.2, -0.15) is 0 Å². The highest BCUT2D eigenvalue weighted by molar-refractivity contribution is 7.99. The lowest BCUT2D eigenvalue weighted by Crippen LogP contribution is -2.14. The number of aromatic nitrogens is 2. The van der Waals surface area contributed by atoms with Crippen LogP contribution in [0, 0.1) is 0 Å². The number of amides is 1. The summed E-state index contributed by atoms with van der Waals surface area (Å²) in [7, 11) is 0. The molecule has 3 rings (SSSR count). The SMILES string of the molecule is CC(=O)c1ccc(NC(=O)CSc2nnc(COc3ccccc3)o2)cc1. The standard InChI is InChI=1S/C19H17N3O4S/c1-13(23)14-7-9-15(10-8-14)20-17(24)12-27-19-22-21-18(26-19)11-25-16-5-3-2-4-6-16/h2-10H,11-12H2,1H3,(H,20,24). The predicted molar refractivity (Wildman–Crippen MR) is 101 cm³/mol. The number of carbonyl (C=O) groups is 2. The number of ketones is 1. The normalized spacial score (nSPS) is 10.4. The highest BCUT2D eigenvalue weighted by Crippen LogP contribution is 2.18. The van der Waals surface area contributed by atoms with Crippen LogP contribution in [-0.4, -0.2) is 27.6 Å². The van der Waals surface area contributed by atoms with E-state index in [1.165, 1.54) is 6.92 Å². The van der Waals surface area contributed by atoms with E-state index in [-0.39, 0.29) is 24.1 Å². The summed E-state index contributed by atoms with van der Waals surface area (Å²) < 4.78 is 11.0. The smallest absolute Gasteiger partial charge is 0.277 e. The van der Waals surface area contributed by atoms with Crippen molar-refractivity contribution in [2.75, 3.05) is 11.1 Å². The molecule has 1 aromatic heterocycles. The van der Waals surface area contributed by atoms with Crippen molar-refractivity contribution in [1.82, 2.24) is 10.2 Å². The summed E-state index contributed by atoms with van der Waals surface area (Å²) in [5.41, 5.74) is 1.21. The lowest BCUT2D eigenvalue weighted by Gasteiger charge is -2.04. The van der Waals surface area contributed by atoms with Gasteiger partial charge >= 0.3 is 0 Å². The Hall–Kier alpha value is -3.13. The van der Waals surface area contributed by atoms with Gasteiger partial charge < -0.3 is 14.5 Å². The minimum Gasteiger partial charge on any atom is -0.484 e. The van der Waals surface area contributed by atoms with Crippen LogP contribution in [0.3, 0.4) is 0 Å². The van der Waals surface area contributed by atoms with E-state index >= 15 is 0 Å². The number of ether oxygens (including phenoxy) is 1. The van der Waals surface area contributed by atoms with Crippen LogP contribution in [0.5, 0.6) is 5.75 Å². The zero-order chi connectivity index (χ0) is 19.1. The molecular weight excluding hydrogens is 366 g/mol. The molecule has 0 aliphatic heterocycles. The van der Waals surface area contributed by atoms with Crippen LogP contribution < -0.4 is 10.1 Å². The molecule has 0 aliphatic carbocycles. The van der Waals surface area contributed by atoms with Crippen LogP contribution in [0.2, 0.25) is 0 Å². The number of hydrogen-bond donors (Lipinski definition) is 1. The van der Waals surface area contributed by atoms with Crippen molar-refractivity contribution in [3.8, 4) is 5.75 Å². The van der Waals surface area contributed by atoms with E-state index in [0.29, 0.717) is 28.1 Å². The Bertz CT molecular complexity index is 910. The van der Waals surface area contributed by atoms with Crippen molar-refractivity contribution in [3.63, 3.8) is 0 Å². The molecule has 0 saturated heterocycles. The summed E-state index contributed by atoms with van der Waals surface area (Å²) in [6.07, 6.45) is 0. The van der Waals surface area contributed by atoms with Crippen LogP contribution in [0.25, 0.3) is 0 Å². The first-order chi connectivity index (χ1) is 13.1. The lowest BCUT2D eigenvalue weighted by atomic mass is 10.1. The topological polar surface area (TPSA) is 94.3 Å². The Labute approximate surface area is 160 Å². The number of thioether (sulfide) groups is 1. The molecule has 138 valence electrons. The summed E-state index contributed by atoms with van der Waals surface area (Å²) in [6.45, 7) is 1.65. The van der Waals surface area contributed by atoms with Crippen molar-refractivity contribution in [1.29, 1.82) is 0 Å². The first-order valence-corrected chi connectivity index (χ1v) is 9.12. The van der Waals surface area contributed by atoms with Gasteiger partial charge in [-0.05, 0) is 43.3 Å². The number of para-hydroxylation sites is 1. The van der Waals surface area contributed by atoms with Crippen molar-refractivity contribution < 1.29 is 18.7 Å². The molecule has 0 atom stereocenters. The van der Waals surface area contributed by atoms with Crippen molar-refractivity contribution in [2.24, 2.45) is 0 Å². The molecule has 1 N–H and O–H groups in total. The molecule has 0 fully saturated rings. The Kier molecular flexibility index (Phi) is 6.22. The van der Waals surface area contributed by atoms with Gasteiger partial charge in [-0.1, -0.05) is 30.0 Å². The van der Waals surface area contributed by atoms with Gasteiger partial charge in [0.05, 0.1) is 5.75 Å². The predicted octanol–water partition coefficient (Wildman–Crippen LogP) is 3.58. The second-order valence-corrected chi connectivity index (χ2v) is 6.46. The van der Waals surface area contributed by atoms with E-state index in [4.69, 9.17) is 9.15 Å². The number of anilines is 1. The Morgan fingerprint density at radius 3 is 2.52 bits per heavy atom. The van der Waals surface area contributed by atoms with Gasteiger partial charge in [-0.15, -0.1) is 10.2 Å². The molecule has 1 amide bonds. The molecule has 0 saturated carbocycles. The van der Waals surface area contributed by atoms with Crippen molar-refractivity contribution in [3.05, 3.63) is 66.1 Å². The molecule has 1 heterocycles. The fourth-order valence-corrected chi connectivity index (χ4v) is 2.71. The Morgan fingerprint density at radius 2 is 1.81 bits per heavy atom. The van der Waals surface area contributed by atoms with Gasteiger partial charge in [0.2, 0.25) is 5.91 Å². The monoisotopic (exact) mass is 383 g/mol. The van der Waals surface area contributed by atoms with E-state index in [9.17, 15) is 9.59 Å². The fraction of sp³-hybridized carbons (Fsp3) is 0.158. The average molecular weight is 383 g/mol. The largest absolute Gasteiger partial charge is 0.484 e. The quantitative estimate of drug-likeness (QED) is 0.469. The maximum absolute atomic E-state index is 12.0. The van der Waals surface area contributed by atoms with Crippen LogP contribution in [0.4, 0.5) is 5.69 Å². The minimum atomic E-state index is -0.212. The number of nitrogens with zero attached hydrogens (tertiary/aromatic N) is 2. The highest BCUT2D eigenvalue weighted by atomic mass is 32.2. The van der Waals surface area contributed by atoms with Crippen LogP contribution >= 0.6 is 11.8 Å². The number of nitrogens with one attached hydrogen (secondary N) is 1. The number of benzene rings is 2. The van der Waals surface area contributed by atoms with Gasteiger partial charge in [-0.3, -0.25) is 9.59 Å². The third kappa shape index (κ3) is 5.68. The Balaban J connectivity index is 1.45. The molecule has 0 aliphatic rings. The van der Waals surface area contributed by atoms with E-state index < -0.39 is 0 Å². The summed E-state index contributed by atoms with van der Waals surface area (Å²) in [6, 6.07) is 16.0. The number of Topliss-reactive ketones (excluding diaryl/α,β-unsaturated/α-hetero) is 1. The maximum Gasteiger partial charge on any atom is 0.277 e. The summed E-state index contributed by atoms with van der Waals surface area (Å²) in [5.74, 6) is 0.930. The van der Waals surface area contributed by atoms with Crippen LogP contribution in [0.15, 0.2) is 64.2 Å². The number of carbonyl (C=O) groups excluding carboxylic acids is 2. The second-order valence-electron chi connectivity index (χ2n) is 5.53. The zero-order valence-electron chi connectivity index (χ0n) is 14.5. The van der Waals surface area contributed by atoms with Gasteiger partial charge in [0, 0.05) is 11.3 Å². The number of rotatable bonds is 8. The van der Waals surface area contributed by atoms with Gasteiger partial charge in [0.25, 0.3) is 11.1 Å². The molecule has 0 radical (unpaired) electrons. The van der Waals surface area contributed by atoms with Crippen LogP contribution in [-0.2, 0) is 11.4 Å². The molecule has 0 unspecified atom stereocenters. The third-order valence-electron chi connectivity index (χ3n) is 3.46. The average Bonchev–Trinajstić information content (AvgIpc) is 3.14. The highest BCUT2D eigenvalue weighted by Gasteiger charge is 2.11. The molecule has 8 heteroatoms. The molecule has 0 bridgehead atoms. The molecule has 0 spiro atoms. The summed E-state index contributed by atoms with van der Waals surface area (Å²) in [4.78, 5) is 23.3. The lowest BCUT2D eigenvalue weighted by molar-refractivity contribution is -0.113. The van der Waals surface area contributed by atoms with Gasteiger partial charge in [0.15, 0.2) is 12.4 Å². The first-order valence-electron chi connectivity index (χ1n) is 8.14. The van der Waals surface area contributed by atoms with E-state index in [2.05, 4.69) is 15.5 Å². The molecule has 3 aromatic rings. The van der Waals surface area contributed by atoms with Crippen LogP contribution in [0.1, 0.15) is 23.2 Å². The van der Waals surface area contributed by atoms with E-state index in [1.54, 1.807) is 24.3 Å². The van der Waals surface area contributed by atoms with Crippen molar-refractivity contribution >= 4 is 29.1 Å². The third-order valence-corrected chi connectivity index (χ3v) is 4.27. The van der Waals surface area contributed by atoms with Crippen molar-refractivity contribution in [2.45, 2.75) is 18.8 Å². The second kappa shape index (κ2) is 9.00.